The van der Waals surface area contributed by atoms with Gasteiger partial charge in [-0.25, -0.2) is 0 Å². The smallest absolute Gasteiger partial charge is 0.185 e. The molecule has 1 aliphatic rings. The number of hydrogen-bond donors (Lipinski definition) is 0. The summed E-state index contributed by atoms with van der Waals surface area (Å²) in [6, 6.07) is 0. The fourth-order valence-corrected chi connectivity index (χ4v) is 2.00. The normalized spacial score (nSPS) is 22.7. The topological polar surface area (TPSA) is 17.1 Å². The minimum atomic E-state index is 0.253. The molecule has 1 fully saturated rings. The van der Waals surface area contributed by atoms with Gasteiger partial charge in [0.2, 0.25) is 0 Å². The van der Waals surface area contributed by atoms with Gasteiger partial charge >= 0.3 is 0 Å². The maximum Gasteiger partial charge on any atom is 0.185 e. The van der Waals surface area contributed by atoms with Crippen LogP contribution in [-0.4, -0.2) is 21.9 Å². The molecule has 0 amide bonds. The summed E-state index contributed by atoms with van der Waals surface area (Å²) in [5.74, 6) is 2.37. The molecule has 1 heterocycles. The van der Waals surface area contributed by atoms with Gasteiger partial charge in [0.05, 0.1) is 0 Å². The highest BCUT2D eigenvalue weighted by Crippen LogP contribution is 2.34. The molecule has 1 atom stereocenters. The molecule has 0 radical (unpaired) electrons. The van der Waals surface area contributed by atoms with E-state index in [1.165, 1.54) is 30.4 Å². The van der Waals surface area contributed by atoms with Crippen LogP contribution in [0.2, 0.25) is 0 Å². The molecule has 0 N–H and O–H groups in total. The van der Waals surface area contributed by atoms with Gasteiger partial charge in [0, 0.05) is 23.7 Å². The lowest BCUT2D eigenvalue weighted by Gasteiger charge is -1.94. The zero-order valence-corrected chi connectivity index (χ0v) is 7.76. The molecule has 1 nitrogen and oxygen atoms in total. The van der Waals surface area contributed by atoms with Gasteiger partial charge in [-0.2, -0.15) is 11.8 Å². The highest BCUT2D eigenvalue weighted by molar-refractivity contribution is 8.13. The molecule has 58 valence electrons. The van der Waals surface area contributed by atoms with E-state index < -0.39 is 0 Å². The number of rotatable bonds is 4. The summed E-state index contributed by atoms with van der Waals surface area (Å²) in [6.45, 7) is 1.64. The minimum Gasteiger partial charge on any atom is -0.288 e. The zero-order chi connectivity index (χ0) is 7.40. The molecule has 0 aromatic carbocycles. The van der Waals surface area contributed by atoms with Crippen LogP contribution in [0.5, 0.6) is 0 Å². The van der Waals surface area contributed by atoms with E-state index in [0.29, 0.717) is 0 Å². The summed E-state index contributed by atoms with van der Waals surface area (Å²) in [6.07, 6.45) is 2.52. The second-order valence-corrected chi connectivity index (χ2v) is 5.04. The third kappa shape index (κ3) is 4.23. The van der Waals surface area contributed by atoms with Crippen LogP contribution >= 0.6 is 23.5 Å². The molecule has 1 aliphatic heterocycles. The standard InChI is InChI=1S/C7H12OS2/c1-6(8)9-4-2-3-7-5-10-7/h7H,2-5H2,1H3. The molecule has 3 heteroatoms. The number of thioether (sulfide) groups is 2. The summed E-state index contributed by atoms with van der Waals surface area (Å²) in [7, 11) is 0. The Balaban J connectivity index is 1.80. The Morgan fingerprint density at radius 1 is 1.80 bits per heavy atom. The third-order valence-electron chi connectivity index (χ3n) is 1.38. The van der Waals surface area contributed by atoms with Crippen molar-refractivity contribution in [3.63, 3.8) is 0 Å². The summed E-state index contributed by atoms with van der Waals surface area (Å²) in [5.41, 5.74) is 0. The zero-order valence-electron chi connectivity index (χ0n) is 6.13. The van der Waals surface area contributed by atoms with E-state index in [9.17, 15) is 4.79 Å². The molecule has 0 saturated carbocycles. The van der Waals surface area contributed by atoms with Gasteiger partial charge in [-0.15, -0.1) is 0 Å². The summed E-state index contributed by atoms with van der Waals surface area (Å²) < 4.78 is 0. The average molecular weight is 176 g/mol. The van der Waals surface area contributed by atoms with E-state index in [-0.39, 0.29) is 5.12 Å². The van der Waals surface area contributed by atoms with Crippen molar-refractivity contribution in [3.05, 3.63) is 0 Å². The monoisotopic (exact) mass is 176 g/mol. The van der Waals surface area contributed by atoms with E-state index in [1.54, 1.807) is 6.92 Å². The predicted molar refractivity (Wildman–Crippen MR) is 48.6 cm³/mol. The Hall–Kier alpha value is 0.370. The van der Waals surface area contributed by atoms with Crippen LogP contribution in [0.1, 0.15) is 19.8 Å². The van der Waals surface area contributed by atoms with E-state index >= 15 is 0 Å². The first-order chi connectivity index (χ1) is 4.79. The summed E-state index contributed by atoms with van der Waals surface area (Å²) >= 11 is 3.49. The Bertz CT molecular complexity index is 121. The highest BCUT2D eigenvalue weighted by Gasteiger charge is 2.20. The van der Waals surface area contributed by atoms with E-state index in [2.05, 4.69) is 0 Å². The quantitative estimate of drug-likeness (QED) is 0.482. The van der Waals surface area contributed by atoms with Gasteiger partial charge in [-0.05, 0) is 12.8 Å². The Labute approximate surface area is 70.3 Å². The lowest BCUT2D eigenvalue weighted by atomic mass is 10.3. The van der Waals surface area contributed by atoms with Crippen LogP contribution in [-0.2, 0) is 4.79 Å². The molecule has 0 spiro atoms. The maximum atomic E-state index is 10.5. The Morgan fingerprint density at radius 2 is 2.50 bits per heavy atom. The first-order valence-electron chi connectivity index (χ1n) is 3.54. The van der Waals surface area contributed by atoms with Gasteiger partial charge in [0.1, 0.15) is 0 Å². The second kappa shape index (κ2) is 4.29. The lowest BCUT2D eigenvalue weighted by Crippen LogP contribution is -1.89. The SMILES string of the molecule is CC(=O)SCCCC1CS1. The van der Waals surface area contributed by atoms with Gasteiger partial charge in [0.25, 0.3) is 0 Å². The van der Waals surface area contributed by atoms with Crippen molar-refractivity contribution in [2.45, 2.75) is 25.0 Å². The van der Waals surface area contributed by atoms with E-state index in [0.717, 1.165) is 11.0 Å². The second-order valence-electron chi connectivity index (χ2n) is 2.44. The Morgan fingerprint density at radius 3 is 3.00 bits per heavy atom. The largest absolute Gasteiger partial charge is 0.288 e. The summed E-state index contributed by atoms with van der Waals surface area (Å²) in [4.78, 5) is 10.5. The van der Waals surface area contributed by atoms with Gasteiger partial charge in [0.15, 0.2) is 5.12 Å². The van der Waals surface area contributed by atoms with E-state index in [1.807, 2.05) is 11.8 Å². The fourth-order valence-electron chi connectivity index (χ4n) is 0.762. The molecular weight excluding hydrogens is 164 g/mol. The van der Waals surface area contributed by atoms with Crippen molar-refractivity contribution in [3.8, 4) is 0 Å². The minimum absolute atomic E-state index is 0.253. The predicted octanol–water partition coefficient (Wildman–Crippen LogP) is 2.16. The van der Waals surface area contributed by atoms with Crippen molar-refractivity contribution >= 4 is 28.6 Å². The van der Waals surface area contributed by atoms with Gasteiger partial charge in [-0.1, -0.05) is 11.8 Å². The summed E-state index contributed by atoms with van der Waals surface area (Å²) in [5, 5.41) is 1.19. The molecule has 0 bridgehead atoms. The number of hydrogen-bond acceptors (Lipinski definition) is 3. The fraction of sp³-hybridized carbons (Fsp3) is 0.857. The van der Waals surface area contributed by atoms with Crippen molar-refractivity contribution in [2.24, 2.45) is 0 Å². The van der Waals surface area contributed by atoms with Crippen molar-refractivity contribution in [1.82, 2.24) is 0 Å². The van der Waals surface area contributed by atoms with Crippen molar-refractivity contribution in [2.75, 3.05) is 11.5 Å². The lowest BCUT2D eigenvalue weighted by molar-refractivity contribution is -0.109. The molecule has 1 rings (SSSR count). The van der Waals surface area contributed by atoms with Crippen LogP contribution < -0.4 is 0 Å². The van der Waals surface area contributed by atoms with Crippen LogP contribution in [0, 0.1) is 0 Å². The Kier molecular flexibility index (Phi) is 3.63. The maximum absolute atomic E-state index is 10.5. The molecule has 0 aliphatic carbocycles. The molecule has 0 aromatic rings. The first-order valence-corrected chi connectivity index (χ1v) is 5.57. The molecule has 0 aromatic heterocycles. The molecule has 1 saturated heterocycles. The van der Waals surface area contributed by atoms with Crippen LogP contribution in [0.3, 0.4) is 0 Å². The van der Waals surface area contributed by atoms with Gasteiger partial charge < -0.3 is 0 Å². The van der Waals surface area contributed by atoms with Crippen LogP contribution in [0.25, 0.3) is 0 Å². The number of carbonyl (C=O) groups excluding carboxylic acids is 1. The molecule has 10 heavy (non-hydrogen) atoms. The number of carbonyl (C=O) groups is 1. The average Bonchev–Trinajstić information content (AvgIpc) is 2.62. The van der Waals surface area contributed by atoms with E-state index in [4.69, 9.17) is 0 Å². The first kappa shape index (κ1) is 8.47. The van der Waals surface area contributed by atoms with Crippen LogP contribution in [0.4, 0.5) is 0 Å². The molecular formula is C7H12OS2. The van der Waals surface area contributed by atoms with Crippen molar-refractivity contribution < 1.29 is 4.79 Å². The third-order valence-corrected chi connectivity index (χ3v) is 3.32. The van der Waals surface area contributed by atoms with Crippen molar-refractivity contribution in [1.29, 1.82) is 0 Å². The highest BCUT2D eigenvalue weighted by atomic mass is 32.2. The molecule has 1 unspecified atom stereocenters. The van der Waals surface area contributed by atoms with Crippen LogP contribution in [0.15, 0.2) is 0 Å². The van der Waals surface area contributed by atoms with Gasteiger partial charge in [-0.3, -0.25) is 4.79 Å².